The Morgan fingerprint density at radius 2 is 2.12 bits per heavy atom. The smallest absolute Gasteiger partial charge is 0.224 e. The molecular formula is C17H22ClN5O. The van der Waals surface area contributed by atoms with Crippen LogP contribution in [0.15, 0.2) is 24.5 Å². The summed E-state index contributed by atoms with van der Waals surface area (Å²) in [5, 5.41) is 7.10. The van der Waals surface area contributed by atoms with E-state index in [1.807, 2.05) is 12.1 Å². The monoisotopic (exact) mass is 347 g/mol. The number of halogens is 1. The fraction of sp³-hybridized carbons (Fsp3) is 0.471. The van der Waals surface area contributed by atoms with Gasteiger partial charge in [-0.05, 0) is 31.4 Å². The largest absolute Gasteiger partial charge is 0.381 e. The first kappa shape index (κ1) is 16.9. The van der Waals surface area contributed by atoms with Crippen molar-refractivity contribution in [3.8, 4) is 0 Å². The lowest BCUT2D eigenvalue weighted by Gasteiger charge is -2.23. The first-order chi connectivity index (χ1) is 11.7. The maximum absolute atomic E-state index is 6.24. The molecule has 0 bridgehead atoms. The second kappa shape index (κ2) is 8.26. The van der Waals surface area contributed by atoms with Crippen molar-refractivity contribution in [3.05, 3.63) is 35.2 Å². The number of nitrogens with one attached hydrogen (secondary N) is 2. The van der Waals surface area contributed by atoms with Crippen LogP contribution in [0.4, 0.5) is 17.5 Å². The molecule has 0 aliphatic carbocycles. The van der Waals surface area contributed by atoms with Gasteiger partial charge < -0.3 is 15.4 Å². The molecule has 2 N–H and O–H groups in total. The topological polar surface area (TPSA) is 72.0 Å². The minimum atomic E-state index is 0.338. The number of rotatable bonds is 6. The molecule has 1 aliphatic rings. The average molecular weight is 348 g/mol. The molecule has 24 heavy (non-hydrogen) atoms. The third-order valence-corrected chi connectivity index (χ3v) is 4.16. The predicted octanol–water partition coefficient (Wildman–Crippen LogP) is 3.81. The maximum Gasteiger partial charge on any atom is 0.224 e. The van der Waals surface area contributed by atoms with Crippen LogP contribution in [0.25, 0.3) is 0 Å². The standard InChI is InChI=1S/C17H22ClN5O/c1-2-3-13-10-14(4-7-19-13)21-16-15(18)11-20-17(23-16)22-12-5-8-24-9-6-12/h4,7,10-12H,2-3,5-6,8-9H2,1H3,(H2,19,20,21,22,23). The molecule has 1 aliphatic heterocycles. The zero-order valence-corrected chi connectivity index (χ0v) is 14.5. The summed E-state index contributed by atoms with van der Waals surface area (Å²) in [5.41, 5.74) is 1.97. The van der Waals surface area contributed by atoms with Crippen molar-refractivity contribution in [1.82, 2.24) is 15.0 Å². The first-order valence-electron chi connectivity index (χ1n) is 8.33. The summed E-state index contributed by atoms with van der Waals surface area (Å²) >= 11 is 6.24. The Morgan fingerprint density at radius 1 is 1.29 bits per heavy atom. The quantitative estimate of drug-likeness (QED) is 0.827. The van der Waals surface area contributed by atoms with Crippen LogP contribution in [-0.2, 0) is 11.2 Å². The highest BCUT2D eigenvalue weighted by Gasteiger charge is 2.15. The normalized spacial score (nSPS) is 15.2. The Hall–Kier alpha value is -1.92. The lowest BCUT2D eigenvalue weighted by atomic mass is 10.1. The summed E-state index contributed by atoms with van der Waals surface area (Å²) in [6.07, 6.45) is 7.34. The van der Waals surface area contributed by atoms with Crippen LogP contribution in [0.5, 0.6) is 0 Å². The lowest BCUT2D eigenvalue weighted by Crippen LogP contribution is -2.28. The Balaban J connectivity index is 1.72. The van der Waals surface area contributed by atoms with Gasteiger partial charge in [0, 0.05) is 36.8 Å². The molecule has 128 valence electrons. The van der Waals surface area contributed by atoms with E-state index in [0.717, 1.165) is 50.3 Å². The van der Waals surface area contributed by atoms with Crippen LogP contribution >= 0.6 is 11.6 Å². The van der Waals surface area contributed by atoms with E-state index >= 15 is 0 Å². The highest BCUT2D eigenvalue weighted by atomic mass is 35.5. The molecule has 0 amide bonds. The van der Waals surface area contributed by atoms with Gasteiger partial charge >= 0.3 is 0 Å². The van der Waals surface area contributed by atoms with Crippen LogP contribution in [0.3, 0.4) is 0 Å². The molecule has 3 rings (SSSR count). The first-order valence-corrected chi connectivity index (χ1v) is 8.71. The SMILES string of the molecule is CCCc1cc(Nc2nc(NC3CCOCC3)ncc2Cl)ccn1. The van der Waals surface area contributed by atoms with Gasteiger partial charge in [-0.15, -0.1) is 0 Å². The molecule has 6 nitrogen and oxygen atoms in total. The molecule has 0 spiro atoms. The second-order valence-corrected chi connectivity index (χ2v) is 6.24. The lowest BCUT2D eigenvalue weighted by molar-refractivity contribution is 0.0903. The van der Waals surface area contributed by atoms with Gasteiger partial charge in [0.25, 0.3) is 0 Å². The predicted molar refractivity (Wildman–Crippen MR) is 96.0 cm³/mol. The zero-order chi connectivity index (χ0) is 16.8. The molecule has 2 aromatic rings. The van der Waals surface area contributed by atoms with Crippen LogP contribution in [-0.4, -0.2) is 34.2 Å². The second-order valence-electron chi connectivity index (χ2n) is 5.83. The van der Waals surface area contributed by atoms with E-state index in [1.165, 1.54) is 0 Å². The number of hydrogen-bond acceptors (Lipinski definition) is 6. The van der Waals surface area contributed by atoms with Crippen LogP contribution in [0, 0.1) is 0 Å². The molecule has 7 heteroatoms. The van der Waals surface area contributed by atoms with E-state index in [4.69, 9.17) is 16.3 Å². The van der Waals surface area contributed by atoms with E-state index < -0.39 is 0 Å². The fourth-order valence-corrected chi connectivity index (χ4v) is 2.77. The van der Waals surface area contributed by atoms with Gasteiger partial charge in [0.05, 0.1) is 6.20 Å². The molecule has 0 unspecified atom stereocenters. The van der Waals surface area contributed by atoms with E-state index in [2.05, 4.69) is 32.5 Å². The Kier molecular flexibility index (Phi) is 5.82. The molecule has 1 saturated heterocycles. The minimum Gasteiger partial charge on any atom is -0.381 e. The third-order valence-electron chi connectivity index (χ3n) is 3.88. The van der Waals surface area contributed by atoms with Crippen LogP contribution < -0.4 is 10.6 Å². The number of anilines is 3. The van der Waals surface area contributed by atoms with Gasteiger partial charge in [0.1, 0.15) is 5.02 Å². The van der Waals surface area contributed by atoms with Crippen LogP contribution in [0.2, 0.25) is 5.02 Å². The highest BCUT2D eigenvalue weighted by molar-refractivity contribution is 6.32. The van der Waals surface area contributed by atoms with E-state index in [1.54, 1.807) is 12.4 Å². The number of aryl methyl sites for hydroxylation is 1. The number of ether oxygens (including phenoxy) is 1. The van der Waals surface area contributed by atoms with Crippen LogP contribution in [0.1, 0.15) is 31.9 Å². The Morgan fingerprint density at radius 3 is 2.92 bits per heavy atom. The molecule has 3 heterocycles. The van der Waals surface area contributed by atoms with Gasteiger partial charge in [-0.3, -0.25) is 4.98 Å². The van der Waals surface area contributed by atoms with Crippen molar-refractivity contribution >= 4 is 29.1 Å². The van der Waals surface area contributed by atoms with Crippen molar-refractivity contribution in [1.29, 1.82) is 0 Å². The summed E-state index contributed by atoms with van der Waals surface area (Å²) in [7, 11) is 0. The highest BCUT2D eigenvalue weighted by Crippen LogP contribution is 2.24. The molecule has 0 saturated carbocycles. The van der Waals surface area contributed by atoms with Crippen molar-refractivity contribution in [2.45, 2.75) is 38.6 Å². The molecule has 2 aromatic heterocycles. The van der Waals surface area contributed by atoms with E-state index in [0.29, 0.717) is 22.8 Å². The van der Waals surface area contributed by atoms with Crippen molar-refractivity contribution < 1.29 is 4.74 Å². The summed E-state index contributed by atoms with van der Waals surface area (Å²) in [6, 6.07) is 4.27. The molecule has 1 fully saturated rings. The number of pyridine rings is 1. The zero-order valence-electron chi connectivity index (χ0n) is 13.8. The van der Waals surface area contributed by atoms with Gasteiger partial charge in [0.15, 0.2) is 5.82 Å². The molecule has 0 aromatic carbocycles. The van der Waals surface area contributed by atoms with Crippen molar-refractivity contribution in [2.75, 3.05) is 23.8 Å². The Labute approximate surface area is 147 Å². The summed E-state index contributed by atoms with van der Waals surface area (Å²) in [6.45, 7) is 3.68. The molecule has 0 atom stereocenters. The summed E-state index contributed by atoms with van der Waals surface area (Å²) in [5.74, 6) is 1.17. The summed E-state index contributed by atoms with van der Waals surface area (Å²) in [4.78, 5) is 13.1. The van der Waals surface area contributed by atoms with Gasteiger partial charge in [-0.25, -0.2) is 4.98 Å². The van der Waals surface area contributed by atoms with Gasteiger partial charge in [-0.1, -0.05) is 24.9 Å². The third kappa shape index (κ3) is 4.55. The molecule has 0 radical (unpaired) electrons. The maximum atomic E-state index is 6.24. The fourth-order valence-electron chi connectivity index (χ4n) is 2.63. The van der Waals surface area contributed by atoms with Crippen molar-refractivity contribution in [3.63, 3.8) is 0 Å². The van der Waals surface area contributed by atoms with E-state index in [-0.39, 0.29) is 0 Å². The average Bonchev–Trinajstić information content (AvgIpc) is 2.59. The van der Waals surface area contributed by atoms with Gasteiger partial charge in [0.2, 0.25) is 5.95 Å². The summed E-state index contributed by atoms with van der Waals surface area (Å²) < 4.78 is 5.37. The van der Waals surface area contributed by atoms with E-state index in [9.17, 15) is 0 Å². The Bertz CT molecular complexity index is 676. The van der Waals surface area contributed by atoms with Crippen molar-refractivity contribution in [2.24, 2.45) is 0 Å². The minimum absolute atomic E-state index is 0.338. The number of aromatic nitrogens is 3. The number of hydrogen-bond donors (Lipinski definition) is 2. The molecular weight excluding hydrogens is 326 g/mol. The number of nitrogens with zero attached hydrogens (tertiary/aromatic N) is 3. The van der Waals surface area contributed by atoms with Gasteiger partial charge in [-0.2, -0.15) is 4.98 Å².